The lowest BCUT2D eigenvalue weighted by Crippen LogP contribution is -2.38. The first kappa shape index (κ1) is 13.5. The fraction of sp³-hybridized carbons (Fsp3) is 0.235. The number of benzene rings is 1. The second-order valence-electron chi connectivity index (χ2n) is 5.12. The van der Waals surface area contributed by atoms with Crippen molar-refractivity contribution in [3.63, 3.8) is 0 Å². The van der Waals surface area contributed by atoms with E-state index in [0.717, 1.165) is 11.3 Å². The second kappa shape index (κ2) is 5.87. The number of piperidine rings is 1. The molecule has 0 saturated carbocycles. The number of nitrogens with zero attached hydrogens (tertiary/aromatic N) is 2. The maximum Gasteiger partial charge on any atom is 0.253 e. The molecular weight excluding hydrogens is 264 g/mol. The molecule has 21 heavy (non-hydrogen) atoms. The van der Waals surface area contributed by atoms with Crippen LogP contribution in [0.2, 0.25) is 0 Å². The van der Waals surface area contributed by atoms with Gasteiger partial charge in [0.1, 0.15) is 5.78 Å². The average molecular weight is 280 g/mol. The van der Waals surface area contributed by atoms with Crippen molar-refractivity contribution in [1.82, 2.24) is 9.88 Å². The van der Waals surface area contributed by atoms with Crippen LogP contribution in [0.4, 0.5) is 0 Å². The number of ketones is 1. The topological polar surface area (TPSA) is 50.3 Å². The van der Waals surface area contributed by atoms with Crippen molar-refractivity contribution in [3.05, 3.63) is 54.2 Å². The Morgan fingerprint density at radius 3 is 2.33 bits per heavy atom. The predicted octanol–water partition coefficient (Wildman–Crippen LogP) is 2.55. The number of carbonyl (C=O) groups excluding carboxylic acids is 2. The molecule has 0 radical (unpaired) electrons. The summed E-state index contributed by atoms with van der Waals surface area (Å²) in [6.07, 6.45) is 2.69. The maximum atomic E-state index is 12.4. The fourth-order valence-electron chi connectivity index (χ4n) is 2.46. The zero-order valence-corrected chi connectivity index (χ0v) is 11.7. The van der Waals surface area contributed by atoms with Crippen molar-refractivity contribution in [2.75, 3.05) is 13.1 Å². The molecule has 1 aromatic heterocycles. The molecule has 1 saturated heterocycles. The van der Waals surface area contributed by atoms with Crippen LogP contribution in [0.1, 0.15) is 23.2 Å². The van der Waals surface area contributed by atoms with Crippen molar-refractivity contribution in [2.45, 2.75) is 12.8 Å². The molecule has 2 aromatic rings. The van der Waals surface area contributed by atoms with Crippen molar-refractivity contribution < 1.29 is 9.59 Å². The lowest BCUT2D eigenvalue weighted by molar-refractivity contribution is -0.120. The Morgan fingerprint density at radius 2 is 1.71 bits per heavy atom. The number of Topliss-reactive ketones (excluding diaryl/α,β-unsaturated/α-hetero) is 1. The highest BCUT2D eigenvalue weighted by atomic mass is 16.2. The van der Waals surface area contributed by atoms with Crippen molar-refractivity contribution in [3.8, 4) is 11.3 Å². The van der Waals surface area contributed by atoms with Crippen LogP contribution < -0.4 is 0 Å². The molecule has 106 valence electrons. The second-order valence-corrected chi connectivity index (χ2v) is 5.12. The van der Waals surface area contributed by atoms with Gasteiger partial charge in [0, 0.05) is 43.3 Å². The van der Waals surface area contributed by atoms with Crippen LogP contribution in [-0.2, 0) is 4.79 Å². The average Bonchev–Trinajstić information content (AvgIpc) is 2.56. The van der Waals surface area contributed by atoms with Gasteiger partial charge in [0.25, 0.3) is 5.91 Å². The van der Waals surface area contributed by atoms with Gasteiger partial charge in [-0.3, -0.25) is 14.6 Å². The molecule has 1 amide bonds. The molecule has 1 aliphatic heterocycles. The van der Waals surface area contributed by atoms with E-state index in [9.17, 15) is 9.59 Å². The van der Waals surface area contributed by atoms with E-state index in [-0.39, 0.29) is 11.7 Å². The number of amides is 1. The third-order valence-corrected chi connectivity index (χ3v) is 3.70. The first-order valence-corrected chi connectivity index (χ1v) is 7.06. The Bertz CT molecular complexity index is 640. The molecule has 1 aliphatic rings. The summed E-state index contributed by atoms with van der Waals surface area (Å²) >= 11 is 0. The lowest BCUT2D eigenvalue weighted by atomic mass is 10.1. The summed E-state index contributed by atoms with van der Waals surface area (Å²) in [4.78, 5) is 29.6. The highest BCUT2D eigenvalue weighted by molar-refractivity contribution is 5.95. The summed E-state index contributed by atoms with van der Waals surface area (Å²) in [6, 6.07) is 13.2. The van der Waals surface area contributed by atoms with Gasteiger partial charge in [0.15, 0.2) is 0 Å². The van der Waals surface area contributed by atoms with Gasteiger partial charge >= 0.3 is 0 Å². The lowest BCUT2D eigenvalue weighted by Gasteiger charge is -2.26. The Morgan fingerprint density at radius 1 is 1.00 bits per heavy atom. The van der Waals surface area contributed by atoms with E-state index in [4.69, 9.17) is 0 Å². The van der Waals surface area contributed by atoms with E-state index in [0.29, 0.717) is 31.5 Å². The minimum atomic E-state index is -0.00456. The van der Waals surface area contributed by atoms with Gasteiger partial charge in [-0.15, -0.1) is 0 Å². The molecule has 4 nitrogen and oxygen atoms in total. The third-order valence-electron chi connectivity index (χ3n) is 3.70. The fourth-order valence-corrected chi connectivity index (χ4v) is 2.46. The normalized spacial score (nSPS) is 15.0. The van der Waals surface area contributed by atoms with Gasteiger partial charge in [-0.05, 0) is 24.3 Å². The number of carbonyl (C=O) groups is 2. The van der Waals surface area contributed by atoms with Crippen molar-refractivity contribution >= 4 is 11.7 Å². The first-order valence-electron chi connectivity index (χ1n) is 7.06. The van der Waals surface area contributed by atoms with Gasteiger partial charge in [-0.1, -0.05) is 18.2 Å². The number of hydrogen-bond donors (Lipinski definition) is 0. The van der Waals surface area contributed by atoms with Crippen molar-refractivity contribution in [2.24, 2.45) is 0 Å². The Kier molecular flexibility index (Phi) is 3.77. The largest absolute Gasteiger partial charge is 0.338 e. The molecule has 0 N–H and O–H groups in total. The van der Waals surface area contributed by atoms with Gasteiger partial charge in [0.2, 0.25) is 0 Å². The predicted molar refractivity (Wildman–Crippen MR) is 79.8 cm³/mol. The molecule has 0 aliphatic carbocycles. The summed E-state index contributed by atoms with van der Waals surface area (Å²) in [5.74, 6) is 0.236. The monoisotopic (exact) mass is 280 g/mol. The number of pyridine rings is 1. The van der Waals surface area contributed by atoms with Gasteiger partial charge in [-0.2, -0.15) is 0 Å². The van der Waals surface area contributed by atoms with E-state index in [1.54, 1.807) is 11.1 Å². The summed E-state index contributed by atoms with van der Waals surface area (Å²) < 4.78 is 0. The van der Waals surface area contributed by atoms with Crippen LogP contribution in [-0.4, -0.2) is 34.7 Å². The van der Waals surface area contributed by atoms with Crippen LogP contribution >= 0.6 is 0 Å². The van der Waals surface area contributed by atoms with Gasteiger partial charge < -0.3 is 4.90 Å². The Labute approximate surface area is 123 Å². The molecule has 0 atom stereocenters. The molecular formula is C17H16N2O2. The zero-order chi connectivity index (χ0) is 14.7. The highest BCUT2D eigenvalue weighted by Gasteiger charge is 2.21. The van der Waals surface area contributed by atoms with Crippen LogP contribution in [0.5, 0.6) is 0 Å². The third kappa shape index (κ3) is 2.99. The molecule has 1 fully saturated rings. The maximum absolute atomic E-state index is 12.4. The van der Waals surface area contributed by atoms with E-state index in [1.807, 2.05) is 42.5 Å². The molecule has 3 rings (SSSR count). The quantitative estimate of drug-likeness (QED) is 0.849. The molecule has 1 aromatic carbocycles. The molecule has 0 bridgehead atoms. The SMILES string of the molecule is O=C1CCN(C(=O)c2ccc(-c3ccccn3)cc2)CC1. The number of hydrogen-bond acceptors (Lipinski definition) is 3. The first-order chi connectivity index (χ1) is 10.2. The summed E-state index contributed by atoms with van der Waals surface area (Å²) in [5.41, 5.74) is 2.53. The zero-order valence-electron chi connectivity index (χ0n) is 11.7. The van der Waals surface area contributed by atoms with Crippen LogP contribution in [0.3, 0.4) is 0 Å². The summed E-state index contributed by atoms with van der Waals surface area (Å²) in [5, 5.41) is 0. The minimum absolute atomic E-state index is 0.00456. The van der Waals surface area contributed by atoms with Crippen LogP contribution in [0, 0.1) is 0 Å². The number of rotatable bonds is 2. The smallest absolute Gasteiger partial charge is 0.253 e. The van der Waals surface area contributed by atoms with Crippen LogP contribution in [0.25, 0.3) is 11.3 Å². The van der Waals surface area contributed by atoms with E-state index in [2.05, 4.69) is 4.98 Å². The van der Waals surface area contributed by atoms with Gasteiger partial charge in [-0.25, -0.2) is 0 Å². The van der Waals surface area contributed by atoms with Gasteiger partial charge in [0.05, 0.1) is 5.69 Å². The minimum Gasteiger partial charge on any atom is -0.338 e. The van der Waals surface area contributed by atoms with E-state index < -0.39 is 0 Å². The standard InChI is InChI=1S/C17H16N2O2/c20-15-8-11-19(12-9-15)17(21)14-6-4-13(5-7-14)16-3-1-2-10-18-16/h1-7,10H,8-9,11-12H2. The number of likely N-dealkylation sites (tertiary alicyclic amines) is 1. The highest BCUT2D eigenvalue weighted by Crippen LogP contribution is 2.18. The van der Waals surface area contributed by atoms with Crippen LogP contribution in [0.15, 0.2) is 48.7 Å². The Hall–Kier alpha value is -2.49. The summed E-state index contributed by atoms with van der Waals surface area (Å²) in [6.45, 7) is 1.05. The molecule has 2 heterocycles. The van der Waals surface area contributed by atoms with Crippen molar-refractivity contribution in [1.29, 1.82) is 0 Å². The van der Waals surface area contributed by atoms with E-state index >= 15 is 0 Å². The molecule has 4 heteroatoms. The molecule has 0 spiro atoms. The summed E-state index contributed by atoms with van der Waals surface area (Å²) in [7, 11) is 0. The number of aromatic nitrogens is 1. The molecule has 0 unspecified atom stereocenters. The van der Waals surface area contributed by atoms with E-state index in [1.165, 1.54) is 0 Å². The Balaban J connectivity index is 1.75.